The van der Waals surface area contributed by atoms with E-state index in [9.17, 15) is 4.79 Å². The Hall–Kier alpha value is -2.20. The first kappa shape index (κ1) is 14.7. The van der Waals surface area contributed by atoms with Gasteiger partial charge in [-0.15, -0.1) is 11.8 Å². The third-order valence-electron chi connectivity index (χ3n) is 3.59. The number of benzene rings is 2. The van der Waals surface area contributed by atoms with E-state index in [1.807, 2.05) is 60.7 Å². The molecule has 22 heavy (non-hydrogen) atoms. The van der Waals surface area contributed by atoms with Crippen LogP contribution in [-0.2, 0) is 4.79 Å². The summed E-state index contributed by atoms with van der Waals surface area (Å²) >= 11 is 1.76. The molecule has 0 unspecified atom stereocenters. The van der Waals surface area contributed by atoms with E-state index in [2.05, 4.69) is 16.3 Å². The zero-order valence-electron chi connectivity index (χ0n) is 12.2. The highest BCUT2D eigenvalue weighted by molar-refractivity contribution is 8.02. The molecule has 1 amide bonds. The molecule has 112 valence electrons. The summed E-state index contributed by atoms with van der Waals surface area (Å²) in [5.74, 6) is 0.707. The van der Waals surface area contributed by atoms with E-state index in [-0.39, 0.29) is 11.8 Å². The second-order valence-electron chi connectivity index (χ2n) is 5.13. The number of hydrogen-bond acceptors (Lipinski definition) is 3. The van der Waals surface area contributed by atoms with Gasteiger partial charge in [0.05, 0.1) is 5.92 Å². The molecule has 0 spiro atoms. The maximum atomic E-state index is 12.7. The van der Waals surface area contributed by atoms with Gasteiger partial charge < -0.3 is 5.43 Å². The quantitative estimate of drug-likeness (QED) is 0.832. The molecule has 1 aliphatic rings. The summed E-state index contributed by atoms with van der Waals surface area (Å²) in [7, 11) is 0. The summed E-state index contributed by atoms with van der Waals surface area (Å²) in [6, 6.07) is 19.7. The van der Waals surface area contributed by atoms with E-state index in [0.29, 0.717) is 0 Å². The van der Waals surface area contributed by atoms with Gasteiger partial charge in [0.15, 0.2) is 0 Å². The van der Waals surface area contributed by atoms with Crippen LogP contribution in [0.5, 0.6) is 0 Å². The van der Waals surface area contributed by atoms with E-state index in [4.69, 9.17) is 0 Å². The molecule has 0 aliphatic carbocycles. The Labute approximate surface area is 134 Å². The molecule has 0 bridgehead atoms. The van der Waals surface area contributed by atoms with Gasteiger partial charge in [0.25, 0.3) is 0 Å². The smallest absolute Gasteiger partial charge is 0.250 e. The summed E-state index contributed by atoms with van der Waals surface area (Å²) in [6.45, 7) is 0. The fourth-order valence-electron chi connectivity index (χ4n) is 2.48. The van der Waals surface area contributed by atoms with Gasteiger partial charge in [0.2, 0.25) is 5.91 Å². The fourth-order valence-corrected chi connectivity index (χ4v) is 3.31. The van der Waals surface area contributed by atoms with Crippen molar-refractivity contribution >= 4 is 17.7 Å². The predicted molar refractivity (Wildman–Crippen MR) is 91.2 cm³/mol. The van der Waals surface area contributed by atoms with Gasteiger partial charge in [-0.1, -0.05) is 60.7 Å². The minimum atomic E-state index is -0.315. The lowest BCUT2D eigenvalue weighted by Crippen LogP contribution is -2.40. The van der Waals surface area contributed by atoms with Crippen LogP contribution < -0.4 is 10.9 Å². The molecule has 0 atom stereocenters. The Balaban J connectivity index is 1.80. The molecule has 0 radical (unpaired) electrons. The minimum Gasteiger partial charge on any atom is -0.302 e. The van der Waals surface area contributed by atoms with E-state index >= 15 is 0 Å². The van der Waals surface area contributed by atoms with Crippen molar-refractivity contribution in [3.05, 3.63) is 82.9 Å². The van der Waals surface area contributed by atoms with Crippen LogP contribution in [0.3, 0.4) is 0 Å². The van der Waals surface area contributed by atoms with Crippen LogP contribution in [0.1, 0.15) is 23.5 Å². The number of nitrogens with one attached hydrogen (secondary N) is 2. The lowest BCUT2D eigenvalue weighted by atomic mass is 9.91. The highest BCUT2D eigenvalue weighted by Crippen LogP contribution is 2.25. The summed E-state index contributed by atoms with van der Waals surface area (Å²) in [4.78, 5) is 12.7. The molecule has 1 heterocycles. The molecule has 0 saturated heterocycles. The second kappa shape index (κ2) is 7.18. The van der Waals surface area contributed by atoms with Gasteiger partial charge in [-0.3, -0.25) is 10.2 Å². The first-order valence-electron chi connectivity index (χ1n) is 7.31. The Morgan fingerprint density at radius 2 is 1.55 bits per heavy atom. The molecule has 1 aliphatic heterocycles. The first-order valence-corrected chi connectivity index (χ1v) is 8.36. The molecule has 4 heteroatoms. The molecular formula is C18H18N2OS. The highest BCUT2D eigenvalue weighted by Gasteiger charge is 2.22. The van der Waals surface area contributed by atoms with E-state index in [1.165, 1.54) is 0 Å². The van der Waals surface area contributed by atoms with E-state index in [0.717, 1.165) is 29.0 Å². The Kier molecular flexibility index (Phi) is 4.81. The van der Waals surface area contributed by atoms with E-state index < -0.39 is 0 Å². The van der Waals surface area contributed by atoms with Crippen molar-refractivity contribution < 1.29 is 4.79 Å². The summed E-state index contributed by atoms with van der Waals surface area (Å²) < 4.78 is 0. The molecule has 3 rings (SSSR count). The molecule has 2 N–H and O–H groups in total. The lowest BCUT2D eigenvalue weighted by Gasteiger charge is -2.18. The molecule has 2 aromatic rings. The molecule has 0 aromatic heterocycles. The zero-order valence-corrected chi connectivity index (χ0v) is 13.0. The van der Waals surface area contributed by atoms with Crippen LogP contribution in [0.15, 0.2) is 71.8 Å². The Bertz CT molecular complexity index is 616. The number of carbonyl (C=O) groups excluding carboxylic acids is 1. The predicted octanol–water partition coefficient (Wildman–Crippen LogP) is 3.42. The van der Waals surface area contributed by atoms with Gasteiger partial charge in [0, 0.05) is 11.4 Å². The van der Waals surface area contributed by atoms with Crippen molar-refractivity contribution in [1.29, 1.82) is 0 Å². The monoisotopic (exact) mass is 310 g/mol. The van der Waals surface area contributed by atoms with Gasteiger partial charge in [-0.05, 0) is 23.0 Å². The van der Waals surface area contributed by atoms with Crippen molar-refractivity contribution in [3.8, 4) is 0 Å². The highest BCUT2D eigenvalue weighted by atomic mass is 32.2. The van der Waals surface area contributed by atoms with E-state index in [1.54, 1.807) is 11.8 Å². The van der Waals surface area contributed by atoms with Crippen molar-refractivity contribution in [2.24, 2.45) is 0 Å². The molecule has 3 nitrogen and oxygen atoms in total. The number of thioether (sulfide) groups is 1. The van der Waals surface area contributed by atoms with Crippen LogP contribution in [0.2, 0.25) is 0 Å². The van der Waals surface area contributed by atoms with Crippen molar-refractivity contribution in [3.63, 3.8) is 0 Å². The number of allylic oxidation sites excluding steroid dienone is 1. The van der Waals surface area contributed by atoms with Crippen molar-refractivity contribution in [2.75, 3.05) is 5.75 Å². The summed E-state index contributed by atoms with van der Waals surface area (Å²) in [5.41, 5.74) is 8.94. The standard InChI is InChI=1S/C18H18N2OS/c21-18(20-19-16-11-12-22-13-16)17(14-7-3-1-4-8-14)15-9-5-2-6-10-15/h1-10,13,17,19H,11-12H2,(H,20,21). The number of amides is 1. The SMILES string of the molecule is O=C(NNC1=CSCC1)C(c1ccccc1)c1ccccc1. The van der Waals surface area contributed by atoms with Crippen LogP contribution in [-0.4, -0.2) is 11.7 Å². The maximum Gasteiger partial charge on any atom is 0.250 e. The average molecular weight is 310 g/mol. The van der Waals surface area contributed by atoms with Gasteiger partial charge in [-0.2, -0.15) is 0 Å². The van der Waals surface area contributed by atoms with Gasteiger partial charge in [-0.25, -0.2) is 0 Å². The fraction of sp³-hybridized carbons (Fsp3) is 0.167. The van der Waals surface area contributed by atoms with Crippen molar-refractivity contribution in [1.82, 2.24) is 10.9 Å². The summed E-state index contributed by atoms with van der Waals surface area (Å²) in [6.07, 6.45) is 0.965. The van der Waals surface area contributed by atoms with Crippen molar-refractivity contribution in [2.45, 2.75) is 12.3 Å². The third-order valence-corrected chi connectivity index (χ3v) is 4.48. The number of hydrazine groups is 1. The molecular weight excluding hydrogens is 292 g/mol. The van der Waals surface area contributed by atoms with Crippen LogP contribution >= 0.6 is 11.8 Å². The molecule has 0 fully saturated rings. The van der Waals surface area contributed by atoms with Gasteiger partial charge in [0.1, 0.15) is 0 Å². The Morgan fingerprint density at radius 3 is 2.05 bits per heavy atom. The number of hydrogen-bond donors (Lipinski definition) is 2. The topological polar surface area (TPSA) is 41.1 Å². The van der Waals surface area contributed by atoms with Crippen LogP contribution in [0.25, 0.3) is 0 Å². The zero-order chi connectivity index (χ0) is 15.2. The Morgan fingerprint density at radius 1 is 0.955 bits per heavy atom. The molecule has 0 saturated carbocycles. The third kappa shape index (κ3) is 3.52. The lowest BCUT2D eigenvalue weighted by molar-refractivity contribution is -0.122. The number of rotatable bonds is 5. The second-order valence-corrected chi connectivity index (χ2v) is 6.11. The van der Waals surface area contributed by atoms with Gasteiger partial charge >= 0.3 is 0 Å². The van der Waals surface area contributed by atoms with Crippen LogP contribution in [0, 0.1) is 0 Å². The average Bonchev–Trinajstić information content (AvgIpc) is 3.09. The minimum absolute atomic E-state index is 0.0461. The maximum absolute atomic E-state index is 12.7. The normalized spacial score (nSPS) is 13.8. The number of carbonyl (C=O) groups is 1. The van der Waals surface area contributed by atoms with Crippen LogP contribution in [0.4, 0.5) is 0 Å². The largest absolute Gasteiger partial charge is 0.302 e. The molecule has 2 aromatic carbocycles. The summed E-state index contributed by atoms with van der Waals surface area (Å²) in [5, 5.41) is 2.06. The first-order chi connectivity index (χ1) is 10.8.